The van der Waals surface area contributed by atoms with Gasteiger partial charge in [0.2, 0.25) is 17.6 Å². The Balaban J connectivity index is 1.72. The van der Waals surface area contributed by atoms with Crippen LogP contribution in [0.15, 0.2) is 57.9 Å². The van der Waals surface area contributed by atoms with E-state index in [4.69, 9.17) is 16.0 Å². The molecule has 0 bridgehead atoms. The third-order valence-corrected chi connectivity index (χ3v) is 6.60. The third-order valence-electron chi connectivity index (χ3n) is 5.22. The molecular weight excluding hydrogens is 475 g/mol. The Hall–Kier alpha value is -3.35. The predicted molar refractivity (Wildman–Crippen MR) is 131 cm³/mol. The first-order valence-corrected chi connectivity index (χ1v) is 12.4. The van der Waals surface area contributed by atoms with Gasteiger partial charge in [-0.05, 0) is 69.6 Å². The van der Waals surface area contributed by atoms with Crippen LogP contribution in [0.5, 0.6) is 0 Å². The molecule has 0 aliphatic carbocycles. The molecule has 0 fully saturated rings. The van der Waals surface area contributed by atoms with E-state index in [1.165, 1.54) is 50.2 Å². The summed E-state index contributed by atoms with van der Waals surface area (Å²) in [6.07, 6.45) is 1.30. The van der Waals surface area contributed by atoms with E-state index < -0.39 is 34.1 Å². The van der Waals surface area contributed by atoms with Gasteiger partial charge in [-0.1, -0.05) is 17.3 Å². The first-order valence-electron chi connectivity index (χ1n) is 11.0. The van der Waals surface area contributed by atoms with Crippen molar-refractivity contribution in [2.75, 3.05) is 23.3 Å². The largest absolute Gasteiger partial charge is 0.337 e. The molecule has 3 aromatic rings. The second kappa shape index (κ2) is 10.9. The molecule has 1 unspecified atom stereocenters. The predicted octanol–water partition coefficient (Wildman–Crippen LogP) is 3.21. The number of nitrogens with zero attached hydrogens (tertiary/aromatic N) is 2. The summed E-state index contributed by atoms with van der Waals surface area (Å²) in [5.41, 5.74) is 11.5. The standard InChI is InChI=1S/C23H29FN6O4S/c1-23(2,14-24)22(31)27-16-8-10-17(11-9-16)30-35(32,33)18-6-3-5-15(13-18)20-28-21(34-29-20)19(26)7-4-12-25/h3,5-6,8-11,13,19,30H,4,7,12,14,25-26H2,1-2H3,(H,27,31). The maximum atomic E-state index is 13.0. The minimum atomic E-state index is -3.94. The molecule has 0 radical (unpaired) electrons. The monoisotopic (exact) mass is 504 g/mol. The van der Waals surface area contributed by atoms with Crippen molar-refractivity contribution >= 4 is 27.3 Å². The van der Waals surface area contributed by atoms with Crippen molar-refractivity contribution in [1.29, 1.82) is 0 Å². The van der Waals surface area contributed by atoms with Gasteiger partial charge < -0.3 is 21.3 Å². The van der Waals surface area contributed by atoms with E-state index >= 15 is 0 Å². The number of carbonyl (C=O) groups excluding carboxylic acids is 1. The SMILES string of the molecule is CC(C)(CF)C(=O)Nc1ccc(NS(=O)(=O)c2cccc(-c3noc(C(N)CCCN)n3)c2)cc1. The molecule has 1 amide bonds. The molecule has 10 nitrogen and oxygen atoms in total. The van der Waals surface area contributed by atoms with Crippen LogP contribution in [-0.2, 0) is 14.8 Å². The molecule has 188 valence electrons. The normalized spacial score (nSPS) is 12.8. The molecular formula is C23H29FN6O4S. The van der Waals surface area contributed by atoms with Gasteiger partial charge in [-0.15, -0.1) is 0 Å². The molecule has 35 heavy (non-hydrogen) atoms. The highest BCUT2D eigenvalue weighted by atomic mass is 32.2. The summed E-state index contributed by atoms with van der Waals surface area (Å²) in [6.45, 7) is 2.67. The Bertz CT molecular complexity index is 1260. The van der Waals surface area contributed by atoms with Crippen molar-refractivity contribution in [3.05, 3.63) is 54.4 Å². The molecule has 1 heterocycles. The number of rotatable bonds is 11. The van der Waals surface area contributed by atoms with Gasteiger partial charge in [-0.2, -0.15) is 4.98 Å². The summed E-state index contributed by atoms with van der Waals surface area (Å²) in [6, 6.07) is 11.7. The van der Waals surface area contributed by atoms with Crippen LogP contribution >= 0.6 is 0 Å². The molecule has 1 aromatic heterocycles. The van der Waals surface area contributed by atoms with Crippen LogP contribution in [-0.4, -0.2) is 37.7 Å². The van der Waals surface area contributed by atoms with Gasteiger partial charge in [0.25, 0.3) is 10.0 Å². The summed E-state index contributed by atoms with van der Waals surface area (Å²) in [4.78, 5) is 16.4. The molecule has 6 N–H and O–H groups in total. The second-order valence-electron chi connectivity index (χ2n) is 8.68. The maximum absolute atomic E-state index is 13.0. The summed E-state index contributed by atoms with van der Waals surface area (Å²) >= 11 is 0. The van der Waals surface area contributed by atoms with Crippen molar-refractivity contribution in [1.82, 2.24) is 10.1 Å². The Morgan fingerprint density at radius 3 is 2.51 bits per heavy atom. The number of hydrogen-bond donors (Lipinski definition) is 4. The van der Waals surface area contributed by atoms with Gasteiger partial charge in [0.1, 0.15) is 6.67 Å². The average Bonchev–Trinajstić information content (AvgIpc) is 3.34. The van der Waals surface area contributed by atoms with Crippen LogP contribution < -0.4 is 21.5 Å². The highest BCUT2D eigenvalue weighted by Crippen LogP contribution is 2.25. The van der Waals surface area contributed by atoms with Crippen LogP contribution in [0.2, 0.25) is 0 Å². The number of alkyl halides is 1. The van der Waals surface area contributed by atoms with E-state index in [-0.39, 0.29) is 22.3 Å². The van der Waals surface area contributed by atoms with Crippen LogP contribution in [0.3, 0.4) is 0 Å². The molecule has 0 saturated heterocycles. The van der Waals surface area contributed by atoms with E-state index in [0.29, 0.717) is 30.6 Å². The summed E-state index contributed by atoms with van der Waals surface area (Å²) in [7, 11) is -3.94. The number of sulfonamides is 1. The number of nitrogens with two attached hydrogens (primary N) is 2. The van der Waals surface area contributed by atoms with Gasteiger partial charge in [0, 0.05) is 16.9 Å². The molecule has 3 rings (SSSR count). The van der Waals surface area contributed by atoms with Crippen molar-refractivity contribution < 1.29 is 22.1 Å². The maximum Gasteiger partial charge on any atom is 0.261 e. The smallest absolute Gasteiger partial charge is 0.261 e. The van der Waals surface area contributed by atoms with Gasteiger partial charge in [-0.25, -0.2) is 12.8 Å². The van der Waals surface area contributed by atoms with Gasteiger partial charge in [0.05, 0.1) is 16.4 Å². The van der Waals surface area contributed by atoms with Crippen LogP contribution in [0, 0.1) is 5.41 Å². The summed E-state index contributed by atoms with van der Waals surface area (Å²) in [5, 5.41) is 6.52. The Labute approximate surface area is 203 Å². The lowest BCUT2D eigenvalue weighted by Crippen LogP contribution is -2.32. The lowest BCUT2D eigenvalue weighted by Gasteiger charge is -2.19. The van der Waals surface area contributed by atoms with E-state index in [9.17, 15) is 17.6 Å². The molecule has 0 spiro atoms. The number of aromatic nitrogens is 2. The second-order valence-corrected chi connectivity index (χ2v) is 10.4. The van der Waals surface area contributed by atoms with E-state index in [1.54, 1.807) is 12.1 Å². The van der Waals surface area contributed by atoms with Crippen LogP contribution in [0.1, 0.15) is 38.6 Å². The summed E-state index contributed by atoms with van der Waals surface area (Å²) < 4.78 is 46.6. The third kappa shape index (κ3) is 6.62. The fourth-order valence-electron chi connectivity index (χ4n) is 2.96. The topological polar surface area (TPSA) is 166 Å². The number of carbonyl (C=O) groups is 1. The first kappa shape index (κ1) is 26.3. The highest BCUT2D eigenvalue weighted by molar-refractivity contribution is 7.92. The number of amides is 1. The average molecular weight is 505 g/mol. The lowest BCUT2D eigenvalue weighted by atomic mass is 9.94. The van der Waals surface area contributed by atoms with E-state index in [0.717, 1.165) is 0 Å². The zero-order valence-corrected chi connectivity index (χ0v) is 20.3. The number of halogens is 1. The fraction of sp³-hybridized carbons (Fsp3) is 0.348. The lowest BCUT2D eigenvalue weighted by molar-refractivity contribution is -0.124. The van der Waals surface area contributed by atoms with E-state index in [1.807, 2.05) is 0 Å². The van der Waals surface area contributed by atoms with Crippen molar-refractivity contribution in [2.45, 2.75) is 37.6 Å². The molecule has 2 aromatic carbocycles. The highest BCUT2D eigenvalue weighted by Gasteiger charge is 2.27. The van der Waals surface area contributed by atoms with Crippen molar-refractivity contribution in [3.63, 3.8) is 0 Å². The van der Waals surface area contributed by atoms with Gasteiger partial charge in [-0.3, -0.25) is 9.52 Å². The molecule has 12 heteroatoms. The quantitative estimate of drug-likeness (QED) is 0.309. The van der Waals surface area contributed by atoms with Crippen molar-refractivity contribution in [2.24, 2.45) is 16.9 Å². The first-order chi connectivity index (χ1) is 16.6. The number of nitrogens with one attached hydrogen (secondary N) is 2. The summed E-state index contributed by atoms with van der Waals surface area (Å²) in [5.74, 6) is -0.00595. The van der Waals surface area contributed by atoms with Crippen molar-refractivity contribution in [3.8, 4) is 11.4 Å². The molecule has 1 atom stereocenters. The Kier molecular flexibility index (Phi) is 8.20. The fourth-order valence-corrected chi connectivity index (χ4v) is 4.07. The molecule has 0 aliphatic rings. The van der Waals surface area contributed by atoms with Crippen LogP contribution in [0.4, 0.5) is 15.8 Å². The van der Waals surface area contributed by atoms with Gasteiger partial charge in [0.15, 0.2) is 0 Å². The Morgan fingerprint density at radius 1 is 1.17 bits per heavy atom. The molecule has 0 aliphatic heterocycles. The van der Waals surface area contributed by atoms with Gasteiger partial charge >= 0.3 is 0 Å². The number of benzene rings is 2. The Morgan fingerprint density at radius 2 is 1.86 bits per heavy atom. The minimum absolute atomic E-state index is 0.00384. The zero-order chi connectivity index (χ0) is 25.6. The zero-order valence-electron chi connectivity index (χ0n) is 19.5. The number of hydrogen-bond acceptors (Lipinski definition) is 8. The van der Waals surface area contributed by atoms with Crippen LogP contribution in [0.25, 0.3) is 11.4 Å². The molecule has 0 saturated carbocycles. The number of anilines is 2. The minimum Gasteiger partial charge on any atom is -0.337 e. The van der Waals surface area contributed by atoms with E-state index in [2.05, 4.69) is 20.2 Å².